The molecule has 0 rings (SSSR count). The molecule has 2 unspecified atom stereocenters. The Morgan fingerprint density at radius 3 is 1.76 bits per heavy atom. The molecular formula is C16H35N. The summed E-state index contributed by atoms with van der Waals surface area (Å²) in [6.07, 6.45) is 9.52. The zero-order valence-corrected chi connectivity index (χ0v) is 12.9. The average Bonchev–Trinajstić information content (AvgIpc) is 2.28. The van der Waals surface area contributed by atoms with Crippen molar-refractivity contribution in [3.8, 4) is 0 Å². The summed E-state index contributed by atoms with van der Waals surface area (Å²) >= 11 is 0. The third kappa shape index (κ3) is 7.81. The lowest BCUT2D eigenvalue weighted by atomic mass is 9.84. The van der Waals surface area contributed by atoms with Gasteiger partial charge in [0.1, 0.15) is 0 Å². The zero-order valence-electron chi connectivity index (χ0n) is 12.9. The molecule has 0 saturated carbocycles. The Morgan fingerprint density at radius 1 is 0.824 bits per heavy atom. The Kier molecular flexibility index (Phi) is 11.0. The molecular weight excluding hydrogens is 206 g/mol. The molecule has 17 heavy (non-hydrogen) atoms. The van der Waals surface area contributed by atoms with Crippen LogP contribution in [0, 0.1) is 11.8 Å². The van der Waals surface area contributed by atoms with Gasteiger partial charge in [-0.2, -0.15) is 0 Å². The summed E-state index contributed by atoms with van der Waals surface area (Å²) in [5.74, 6) is 1.77. The molecule has 2 atom stereocenters. The van der Waals surface area contributed by atoms with Crippen LogP contribution in [0.15, 0.2) is 0 Å². The molecule has 0 aliphatic heterocycles. The van der Waals surface area contributed by atoms with Crippen molar-refractivity contribution in [2.24, 2.45) is 11.8 Å². The molecule has 0 aromatic heterocycles. The second-order valence-electron chi connectivity index (χ2n) is 5.63. The van der Waals surface area contributed by atoms with E-state index in [0.717, 1.165) is 24.4 Å². The Labute approximate surface area is 110 Å². The summed E-state index contributed by atoms with van der Waals surface area (Å²) in [4.78, 5) is 0. The highest BCUT2D eigenvalue weighted by molar-refractivity contribution is 4.77. The van der Waals surface area contributed by atoms with Crippen molar-refractivity contribution in [1.82, 2.24) is 5.32 Å². The van der Waals surface area contributed by atoms with Gasteiger partial charge in [0.05, 0.1) is 0 Å². The molecule has 0 radical (unpaired) electrons. The van der Waals surface area contributed by atoms with Crippen LogP contribution in [0.25, 0.3) is 0 Å². The molecule has 0 aliphatic rings. The van der Waals surface area contributed by atoms with E-state index in [1.807, 2.05) is 0 Å². The molecule has 0 aromatic carbocycles. The molecule has 0 spiro atoms. The molecule has 0 amide bonds. The van der Waals surface area contributed by atoms with Gasteiger partial charge in [0.2, 0.25) is 0 Å². The van der Waals surface area contributed by atoms with Gasteiger partial charge in [-0.05, 0) is 37.6 Å². The predicted octanol–water partition coefficient (Wildman–Crippen LogP) is 5.01. The zero-order chi connectivity index (χ0) is 13.1. The average molecular weight is 241 g/mol. The molecule has 0 aromatic rings. The highest BCUT2D eigenvalue weighted by Gasteiger charge is 2.21. The Balaban J connectivity index is 4.31. The number of hydrogen-bond acceptors (Lipinski definition) is 1. The van der Waals surface area contributed by atoms with Crippen LogP contribution in [0.2, 0.25) is 0 Å². The third-order valence-electron chi connectivity index (χ3n) is 3.79. The van der Waals surface area contributed by atoms with E-state index in [4.69, 9.17) is 0 Å². The van der Waals surface area contributed by atoms with Crippen molar-refractivity contribution in [2.45, 2.75) is 85.6 Å². The summed E-state index contributed by atoms with van der Waals surface area (Å²) in [5, 5.41) is 3.74. The van der Waals surface area contributed by atoms with Crippen LogP contribution in [0.1, 0.15) is 79.6 Å². The van der Waals surface area contributed by atoms with Gasteiger partial charge in [0.15, 0.2) is 0 Å². The lowest BCUT2D eigenvalue weighted by molar-refractivity contribution is 0.266. The first kappa shape index (κ1) is 17.0. The summed E-state index contributed by atoms with van der Waals surface area (Å²) in [5.41, 5.74) is 0. The molecule has 104 valence electrons. The van der Waals surface area contributed by atoms with E-state index >= 15 is 0 Å². The molecule has 0 aliphatic carbocycles. The monoisotopic (exact) mass is 241 g/mol. The summed E-state index contributed by atoms with van der Waals surface area (Å²) in [7, 11) is 0. The van der Waals surface area contributed by atoms with Gasteiger partial charge < -0.3 is 5.32 Å². The smallest absolute Gasteiger partial charge is 0.00977 e. The van der Waals surface area contributed by atoms with Crippen molar-refractivity contribution in [1.29, 1.82) is 0 Å². The fraction of sp³-hybridized carbons (Fsp3) is 1.00. The lowest BCUT2D eigenvalue weighted by Crippen LogP contribution is -2.37. The van der Waals surface area contributed by atoms with Crippen molar-refractivity contribution < 1.29 is 0 Å². The minimum absolute atomic E-state index is 0.751. The fourth-order valence-corrected chi connectivity index (χ4v) is 3.04. The molecule has 1 nitrogen and oxygen atoms in total. The van der Waals surface area contributed by atoms with E-state index in [-0.39, 0.29) is 0 Å². The van der Waals surface area contributed by atoms with Gasteiger partial charge in [-0.15, -0.1) is 0 Å². The van der Waals surface area contributed by atoms with Gasteiger partial charge >= 0.3 is 0 Å². The Bertz CT molecular complexity index is 150. The lowest BCUT2D eigenvalue weighted by Gasteiger charge is -2.30. The quantitative estimate of drug-likeness (QED) is 0.536. The summed E-state index contributed by atoms with van der Waals surface area (Å²) < 4.78 is 0. The second kappa shape index (κ2) is 11.1. The summed E-state index contributed by atoms with van der Waals surface area (Å²) in [6.45, 7) is 12.7. The SMILES string of the molecule is CCCC(C)CC(NCC)C(CCC)CCC. The van der Waals surface area contributed by atoms with Gasteiger partial charge in [-0.25, -0.2) is 0 Å². The first-order valence-electron chi connectivity index (χ1n) is 7.92. The van der Waals surface area contributed by atoms with E-state index in [1.54, 1.807) is 0 Å². The van der Waals surface area contributed by atoms with Gasteiger partial charge in [0, 0.05) is 6.04 Å². The van der Waals surface area contributed by atoms with Crippen molar-refractivity contribution in [3.05, 3.63) is 0 Å². The largest absolute Gasteiger partial charge is 0.314 e. The minimum atomic E-state index is 0.751. The maximum absolute atomic E-state index is 3.74. The topological polar surface area (TPSA) is 12.0 Å². The number of nitrogens with one attached hydrogen (secondary N) is 1. The normalized spacial score (nSPS) is 15.2. The van der Waals surface area contributed by atoms with E-state index in [0.29, 0.717) is 0 Å². The number of rotatable bonds is 11. The van der Waals surface area contributed by atoms with Gasteiger partial charge in [-0.1, -0.05) is 60.3 Å². The van der Waals surface area contributed by atoms with Crippen LogP contribution >= 0.6 is 0 Å². The fourth-order valence-electron chi connectivity index (χ4n) is 3.04. The molecule has 1 N–H and O–H groups in total. The van der Waals surface area contributed by atoms with Crippen LogP contribution in [0.4, 0.5) is 0 Å². The van der Waals surface area contributed by atoms with Crippen LogP contribution in [-0.2, 0) is 0 Å². The molecule has 1 heteroatoms. The summed E-state index contributed by atoms with van der Waals surface area (Å²) in [6, 6.07) is 0.751. The first-order chi connectivity index (χ1) is 8.19. The molecule has 0 fully saturated rings. The van der Waals surface area contributed by atoms with Crippen molar-refractivity contribution in [3.63, 3.8) is 0 Å². The van der Waals surface area contributed by atoms with Gasteiger partial charge in [-0.3, -0.25) is 0 Å². The van der Waals surface area contributed by atoms with E-state index < -0.39 is 0 Å². The number of hydrogen-bond donors (Lipinski definition) is 1. The first-order valence-corrected chi connectivity index (χ1v) is 7.92. The maximum atomic E-state index is 3.74. The van der Waals surface area contributed by atoms with Crippen LogP contribution < -0.4 is 5.32 Å². The third-order valence-corrected chi connectivity index (χ3v) is 3.79. The highest BCUT2D eigenvalue weighted by atomic mass is 14.9. The van der Waals surface area contributed by atoms with Gasteiger partial charge in [0.25, 0.3) is 0 Å². The highest BCUT2D eigenvalue weighted by Crippen LogP contribution is 2.24. The minimum Gasteiger partial charge on any atom is -0.314 e. The Hall–Kier alpha value is -0.0400. The van der Waals surface area contributed by atoms with Crippen molar-refractivity contribution in [2.75, 3.05) is 6.54 Å². The maximum Gasteiger partial charge on any atom is 0.00977 e. The standard InChI is InChI=1S/C16H35N/c1-6-10-14(5)13-16(17-9-4)15(11-7-2)12-8-3/h14-17H,6-13H2,1-5H3. The second-order valence-corrected chi connectivity index (χ2v) is 5.63. The van der Waals surface area contributed by atoms with E-state index in [1.165, 1.54) is 44.9 Å². The Morgan fingerprint density at radius 2 is 1.35 bits per heavy atom. The van der Waals surface area contributed by atoms with Crippen LogP contribution in [0.3, 0.4) is 0 Å². The molecule has 0 saturated heterocycles. The van der Waals surface area contributed by atoms with Crippen LogP contribution in [-0.4, -0.2) is 12.6 Å². The van der Waals surface area contributed by atoms with E-state index in [2.05, 4.69) is 39.9 Å². The molecule has 0 bridgehead atoms. The van der Waals surface area contributed by atoms with Crippen LogP contribution in [0.5, 0.6) is 0 Å². The predicted molar refractivity (Wildman–Crippen MR) is 79.5 cm³/mol. The molecule has 0 heterocycles. The van der Waals surface area contributed by atoms with E-state index in [9.17, 15) is 0 Å². The van der Waals surface area contributed by atoms with Crippen molar-refractivity contribution >= 4 is 0 Å².